The zero-order valence-electron chi connectivity index (χ0n) is 16.0. The number of benzene rings is 1. The Labute approximate surface area is 162 Å². The second-order valence-corrected chi connectivity index (χ2v) is 6.61. The van der Waals surface area contributed by atoms with Crippen LogP contribution < -0.4 is 4.74 Å². The molecule has 4 aromatic rings. The molecule has 3 heterocycles. The zero-order chi connectivity index (χ0) is 19.7. The Morgan fingerprint density at radius 2 is 1.93 bits per heavy atom. The summed E-state index contributed by atoms with van der Waals surface area (Å²) in [5.74, 6) is 0.683. The largest absolute Gasteiger partial charge is 0.491 e. The van der Waals surface area contributed by atoms with E-state index in [1.54, 1.807) is 12.4 Å². The molecule has 1 aromatic carbocycles. The number of aryl methyl sites for hydroxylation is 3. The van der Waals surface area contributed by atoms with Crippen LogP contribution in [0.25, 0.3) is 33.5 Å². The van der Waals surface area contributed by atoms with Gasteiger partial charge in [0.2, 0.25) is 0 Å². The van der Waals surface area contributed by atoms with Gasteiger partial charge in [-0.3, -0.25) is 14.6 Å². The lowest BCUT2D eigenvalue weighted by molar-refractivity contribution is 0.201. The Kier molecular flexibility index (Phi) is 4.75. The van der Waals surface area contributed by atoms with Crippen LogP contribution in [0.15, 0.2) is 42.7 Å². The lowest BCUT2D eigenvalue weighted by Crippen LogP contribution is -2.01. The van der Waals surface area contributed by atoms with Crippen LogP contribution in [0.3, 0.4) is 0 Å². The standard InChI is InChI=1S/C21H21N5O2/c1-13-11-23-19(12-22-13)17-10-18(24-21-20(17)14(2)26(3)25-21)15-5-4-6-16(9-15)28-8-7-27/h4-6,9-12,27H,7-8H2,1-3H3. The number of hydrogen-bond acceptors (Lipinski definition) is 6. The molecular formula is C21H21N5O2. The van der Waals surface area contributed by atoms with E-state index in [0.29, 0.717) is 11.4 Å². The molecule has 28 heavy (non-hydrogen) atoms. The maximum atomic E-state index is 8.98. The monoisotopic (exact) mass is 375 g/mol. The van der Waals surface area contributed by atoms with Crippen molar-refractivity contribution in [2.45, 2.75) is 13.8 Å². The Morgan fingerprint density at radius 1 is 1.07 bits per heavy atom. The van der Waals surface area contributed by atoms with Gasteiger partial charge in [0.05, 0.1) is 35.3 Å². The van der Waals surface area contributed by atoms with Gasteiger partial charge >= 0.3 is 0 Å². The van der Waals surface area contributed by atoms with Crippen LogP contribution in [0, 0.1) is 13.8 Å². The zero-order valence-corrected chi connectivity index (χ0v) is 16.0. The summed E-state index contributed by atoms with van der Waals surface area (Å²) in [5, 5.41) is 14.5. The third kappa shape index (κ3) is 3.32. The maximum absolute atomic E-state index is 8.98. The first kappa shape index (κ1) is 18.1. The molecule has 7 nitrogen and oxygen atoms in total. The number of aliphatic hydroxyl groups is 1. The first-order valence-corrected chi connectivity index (χ1v) is 9.04. The quantitative estimate of drug-likeness (QED) is 0.577. The topological polar surface area (TPSA) is 86.0 Å². The summed E-state index contributed by atoms with van der Waals surface area (Å²) in [6.45, 7) is 4.15. The van der Waals surface area contributed by atoms with Crippen molar-refractivity contribution in [2.75, 3.05) is 13.2 Å². The van der Waals surface area contributed by atoms with E-state index in [4.69, 9.17) is 14.8 Å². The molecule has 0 fully saturated rings. The summed E-state index contributed by atoms with van der Waals surface area (Å²) >= 11 is 0. The highest BCUT2D eigenvalue weighted by atomic mass is 16.5. The average Bonchev–Trinajstić information content (AvgIpc) is 3.00. The average molecular weight is 375 g/mol. The minimum atomic E-state index is -0.0299. The molecule has 0 spiro atoms. The van der Waals surface area contributed by atoms with Crippen LogP contribution >= 0.6 is 0 Å². The lowest BCUT2D eigenvalue weighted by Gasteiger charge is -2.09. The number of aliphatic hydroxyl groups excluding tert-OH is 1. The highest BCUT2D eigenvalue weighted by molar-refractivity contribution is 5.95. The van der Waals surface area contributed by atoms with E-state index in [1.165, 1.54) is 0 Å². The molecule has 3 aromatic heterocycles. The van der Waals surface area contributed by atoms with Crippen molar-refractivity contribution < 1.29 is 9.84 Å². The molecule has 0 aliphatic heterocycles. The van der Waals surface area contributed by atoms with Crippen molar-refractivity contribution in [3.05, 3.63) is 54.1 Å². The highest BCUT2D eigenvalue weighted by Gasteiger charge is 2.17. The van der Waals surface area contributed by atoms with Crippen molar-refractivity contribution in [3.63, 3.8) is 0 Å². The molecule has 0 saturated heterocycles. The number of ether oxygens (including phenoxy) is 1. The van der Waals surface area contributed by atoms with Gasteiger partial charge in [-0.1, -0.05) is 12.1 Å². The Balaban J connectivity index is 1.90. The van der Waals surface area contributed by atoms with E-state index < -0.39 is 0 Å². The van der Waals surface area contributed by atoms with Gasteiger partial charge < -0.3 is 9.84 Å². The summed E-state index contributed by atoms with van der Waals surface area (Å²) in [4.78, 5) is 13.7. The van der Waals surface area contributed by atoms with Gasteiger partial charge in [-0.15, -0.1) is 0 Å². The minimum absolute atomic E-state index is 0.0299. The Hall–Kier alpha value is -3.32. The van der Waals surface area contributed by atoms with Crippen LogP contribution in [-0.4, -0.2) is 43.1 Å². The van der Waals surface area contributed by atoms with E-state index in [-0.39, 0.29) is 13.2 Å². The van der Waals surface area contributed by atoms with Crippen LogP contribution in [0.2, 0.25) is 0 Å². The van der Waals surface area contributed by atoms with E-state index in [0.717, 1.165) is 39.3 Å². The Morgan fingerprint density at radius 3 is 2.68 bits per heavy atom. The molecule has 7 heteroatoms. The first-order chi connectivity index (χ1) is 13.6. The fourth-order valence-electron chi connectivity index (χ4n) is 3.13. The van der Waals surface area contributed by atoms with Gasteiger partial charge in [-0.05, 0) is 32.0 Å². The van der Waals surface area contributed by atoms with Crippen molar-refractivity contribution in [1.29, 1.82) is 0 Å². The Bertz CT molecular complexity index is 1140. The fourth-order valence-corrected chi connectivity index (χ4v) is 3.13. The first-order valence-electron chi connectivity index (χ1n) is 9.04. The van der Waals surface area contributed by atoms with E-state index in [1.807, 2.05) is 55.9 Å². The van der Waals surface area contributed by atoms with Crippen LogP contribution in [-0.2, 0) is 7.05 Å². The molecule has 0 aliphatic rings. The molecular weight excluding hydrogens is 354 g/mol. The van der Waals surface area contributed by atoms with Crippen molar-refractivity contribution in [3.8, 4) is 28.3 Å². The smallest absolute Gasteiger partial charge is 0.182 e. The molecule has 0 aliphatic carbocycles. The number of rotatable bonds is 5. The van der Waals surface area contributed by atoms with Crippen molar-refractivity contribution >= 4 is 11.0 Å². The third-order valence-electron chi connectivity index (χ3n) is 4.64. The maximum Gasteiger partial charge on any atom is 0.182 e. The predicted molar refractivity (Wildman–Crippen MR) is 107 cm³/mol. The number of pyridine rings is 1. The van der Waals surface area contributed by atoms with E-state index >= 15 is 0 Å². The van der Waals surface area contributed by atoms with Gasteiger partial charge in [0, 0.05) is 30.1 Å². The molecule has 1 N–H and O–H groups in total. The molecule has 0 bridgehead atoms. The van der Waals surface area contributed by atoms with E-state index in [2.05, 4.69) is 15.1 Å². The summed E-state index contributed by atoms with van der Waals surface area (Å²) in [5.41, 5.74) is 5.95. The van der Waals surface area contributed by atoms with Gasteiger partial charge in [0.1, 0.15) is 12.4 Å². The normalized spacial score (nSPS) is 11.1. The predicted octanol–water partition coefficient (Wildman–Crippen LogP) is 3.08. The van der Waals surface area contributed by atoms with Gasteiger partial charge in [0.15, 0.2) is 5.65 Å². The summed E-state index contributed by atoms with van der Waals surface area (Å²) in [6, 6.07) is 9.66. The van der Waals surface area contributed by atoms with Crippen molar-refractivity contribution in [2.24, 2.45) is 7.05 Å². The summed E-state index contributed by atoms with van der Waals surface area (Å²) < 4.78 is 7.36. The second-order valence-electron chi connectivity index (χ2n) is 6.61. The fraction of sp³-hybridized carbons (Fsp3) is 0.238. The van der Waals surface area contributed by atoms with E-state index in [9.17, 15) is 0 Å². The molecule has 0 atom stereocenters. The SMILES string of the molecule is Cc1cnc(-c2cc(-c3cccc(OCCO)c3)nc3nn(C)c(C)c23)cn1. The van der Waals surface area contributed by atoms with Gasteiger partial charge in [-0.25, -0.2) is 4.98 Å². The third-order valence-corrected chi connectivity index (χ3v) is 4.64. The van der Waals surface area contributed by atoms with Gasteiger partial charge in [0.25, 0.3) is 0 Å². The number of fused-ring (bicyclic) bond motifs is 1. The number of aromatic nitrogens is 5. The number of nitrogens with zero attached hydrogens (tertiary/aromatic N) is 5. The summed E-state index contributed by atoms with van der Waals surface area (Å²) in [7, 11) is 1.91. The molecule has 0 unspecified atom stereocenters. The lowest BCUT2D eigenvalue weighted by atomic mass is 10.0. The van der Waals surface area contributed by atoms with Crippen molar-refractivity contribution in [1.82, 2.24) is 24.7 Å². The number of hydrogen-bond donors (Lipinski definition) is 1. The molecule has 0 radical (unpaired) electrons. The van der Waals surface area contributed by atoms with Crippen LogP contribution in [0.5, 0.6) is 5.75 Å². The minimum Gasteiger partial charge on any atom is -0.491 e. The van der Waals surface area contributed by atoms with Crippen LogP contribution in [0.4, 0.5) is 0 Å². The molecule has 0 saturated carbocycles. The van der Waals surface area contributed by atoms with Gasteiger partial charge in [-0.2, -0.15) is 5.10 Å². The molecule has 142 valence electrons. The second kappa shape index (κ2) is 7.36. The molecule has 0 amide bonds. The molecule has 4 rings (SSSR count). The van der Waals surface area contributed by atoms with Crippen LogP contribution in [0.1, 0.15) is 11.4 Å². The highest BCUT2D eigenvalue weighted by Crippen LogP contribution is 2.33. The summed E-state index contributed by atoms with van der Waals surface area (Å²) in [6.07, 6.45) is 3.54.